The predicted octanol–water partition coefficient (Wildman–Crippen LogP) is 2.08. The van der Waals surface area contributed by atoms with E-state index < -0.39 is 11.5 Å². The lowest BCUT2D eigenvalue weighted by molar-refractivity contribution is -0.144. The van der Waals surface area contributed by atoms with E-state index in [1.165, 1.54) is 0 Å². The second-order valence-corrected chi connectivity index (χ2v) is 6.04. The van der Waals surface area contributed by atoms with Gasteiger partial charge >= 0.3 is 5.97 Å². The summed E-state index contributed by atoms with van der Waals surface area (Å²) >= 11 is 1.72. The molecular formula is C14H17NO3S. The van der Waals surface area contributed by atoms with Crippen molar-refractivity contribution in [2.75, 3.05) is 11.5 Å². The zero-order valence-electron chi connectivity index (χ0n) is 10.8. The van der Waals surface area contributed by atoms with E-state index in [1.54, 1.807) is 23.9 Å². The maximum atomic E-state index is 12.2. The van der Waals surface area contributed by atoms with Crippen molar-refractivity contribution >= 4 is 23.6 Å². The molecule has 1 amide bonds. The second-order valence-electron chi connectivity index (χ2n) is 4.82. The first kappa shape index (κ1) is 13.9. The molecule has 1 aliphatic rings. The third kappa shape index (κ3) is 3.10. The third-order valence-electron chi connectivity index (χ3n) is 3.42. The molecule has 0 bridgehead atoms. The Morgan fingerprint density at radius 3 is 2.32 bits per heavy atom. The van der Waals surface area contributed by atoms with Crippen molar-refractivity contribution in [3.05, 3.63) is 35.4 Å². The first-order chi connectivity index (χ1) is 9.03. The fourth-order valence-electron chi connectivity index (χ4n) is 2.11. The Morgan fingerprint density at radius 1 is 1.21 bits per heavy atom. The molecule has 0 unspecified atom stereocenters. The van der Waals surface area contributed by atoms with Gasteiger partial charge in [0.05, 0.1) is 0 Å². The Bertz CT molecular complexity index is 478. The lowest BCUT2D eigenvalue weighted by Crippen LogP contribution is -2.56. The van der Waals surface area contributed by atoms with Crippen molar-refractivity contribution in [3.63, 3.8) is 0 Å². The fraction of sp³-hybridized carbons (Fsp3) is 0.429. The van der Waals surface area contributed by atoms with Crippen molar-refractivity contribution in [1.82, 2.24) is 5.32 Å². The molecule has 1 fully saturated rings. The number of amides is 1. The molecule has 0 aliphatic carbocycles. The van der Waals surface area contributed by atoms with Crippen LogP contribution in [0, 0.1) is 6.92 Å². The summed E-state index contributed by atoms with van der Waals surface area (Å²) < 4.78 is 0. The molecule has 2 rings (SSSR count). The Hall–Kier alpha value is -1.49. The van der Waals surface area contributed by atoms with Gasteiger partial charge in [-0.3, -0.25) is 4.79 Å². The number of aliphatic carboxylic acids is 1. The van der Waals surface area contributed by atoms with Gasteiger partial charge in [0.25, 0.3) is 5.91 Å². The van der Waals surface area contributed by atoms with Crippen LogP contribution in [0.4, 0.5) is 0 Å². The minimum absolute atomic E-state index is 0.311. The zero-order chi connectivity index (χ0) is 13.9. The van der Waals surface area contributed by atoms with Crippen LogP contribution in [-0.4, -0.2) is 34.0 Å². The highest BCUT2D eigenvalue weighted by atomic mass is 32.2. The van der Waals surface area contributed by atoms with Crippen LogP contribution < -0.4 is 5.32 Å². The highest BCUT2D eigenvalue weighted by Gasteiger charge is 2.41. The van der Waals surface area contributed by atoms with Crippen LogP contribution in [0.2, 0.25) is 0 Å². The molecule has 2 N–H and O–H groups in total. The summed E-state index contributed by atoms with van der Waals surface area (Å²) in [5.74, 6) is 0.281. The van der Waals surface area contributed by atoms with Crippen molar-refractivity contribution in [2.45, 2.75) is 25.3 Å². The first-order valence-electron chi connectivity index (χ1n) is 6.24. The highest BCUT2D eigenvalue weighted by molar-refractivity contribution is 7.99. The maximum Gasteiger partial charge on any atom is 0.329 e. The molecule has 4 nitrogen and oxygen atoms in total. The molecule has 1 heterocycles. The summed E-state index contributed by atoms with van der Waals surface area (Å²) in [5, 5.41) is 12.1. The lowest BCUT2D eigenvalue weighted by atomic mass is 9.92. The molecule has 1 aliphatic heterocycles. The van der Waals surface area contributed by atoms with Crippen LogP contribution >= 0.6 is 11.8 Å². The number of hydrogen-bond acceptors (Lipinski definition) is 3. The second kappa shape index (κ2) is 5.65. The quantitative estimate of drug-likeness (QED) is 0.889. The van der Waals surface area contributed by atoms with E-state index in [0.717, 1.165) is 17.1 Å². The Balaban J connectivity index is 2.15. The fourth-order valence-corrected chi connectivity index (χ4v) is 3.30. The number of aryl methyl sites for hydroxylation is 1. The van der Waals surface area contributed by atoms with Crippen LogP contribution in [0.1, 0.15) is 28.8 Å². The summed E-state index contributed by atoms with van der Waals surface area (Å²) in [5.41, 5.74) is 0.468. The zero-order valence-corrected chi connectivity index (χ0v) is 11.6. The van der Waals surface area contributed by atoms with E-state index in [1.807, 2.05) is 19.1 Å². The van der Waals surface area contributed by atoms with Crippen LogP contribution in [0.5, 0.6) is 0 Å². The average molecular weight is 279 g/mol. The summed E-state index contributed by atoms with van der Waals surface area (Å²) in [6.45, 7) is 1.94. The summed E-state index contributed by atoms with van der Waals surface area (Å²) in [4.78, 5) is 23.6. The van der Waals surface area contributed by atoms with Crippen molar-refractivity contribution in [1.29, 1.82) is 0 Å². The van der Waals surface area contributed by atoms with Gasteiger partial charge in [-0.05, 0) is 43.4 Å². The minimum Gasteiger partial charge on any atom is -0.480 e. The molecule has 0 spiro atoms. The predicted molar refractivity (Wildman–Crippen MR) is 75.6 cm³/mol. The molecule has 19 heavy (non-hydrogen) atoms. The van der Waals surface area contributed by atoms with E-state index in [-0.39, 0.29) is 5.91 Å². The minimum atomic E-state index is -1.10. The van der Waals surface area contributed by atoms with Gasteiger partial charge in [0.1, 0.15) is 5.54 Å². The summed E-state index contributed by atoms with van der Waals surface area (Å²) in [6.07, 6.45) is 0.954. The van der Waals surface area contributed by atoms with Gasteiger partial charge in [0.2, 0.25) is 0 Å². The van der Waals surface area contributed by atoms with Gasteiger partial charge in [-0.2, -0.15) is 11.8 Å². The number of carbonyl (C=O) groups excluding carboxylic acids is 1. The van der Waals surface area contributed by atoms with E-state index in [4.69, 9.17) is 0 Å². The number of thioether (sulfide) groups is 1. The van der Waals surface area contributed by atoms with Gasteiger partial charge in [0, 0.05) is 5.56 Å². The van der Waals surface area contributed by atoms with E-state index in [2.05, 4.69) is 5.32 Å². The standard InChI is InChI=1S/C14H17NO3S/c1-10-2-4-11(5-3-10)12(16)15-14(13(17)18)6-8-19-9-7-14/h2-5H,6-9H2,1H3,(H,15,16)(H,17,18). The van der Waals surface area contributed by atoms with Gasteiger partial charge in [-0.1, -0.05) is 17.7 Å². The number of carbonyl (C=O) groups is 2. The largest absolute Gasteiger partial charge is 0.480 e. The van der Waals surface area contributed by atoms with Gasteiger partial charge in [0.15, 0.2) is 0 Å². The molecule has 0 radical (unpaired) electrons. The molecule has 1 aromatic carbocycles. The van der Waals surface area contributed by atoms with E-state index >= 15 is 0 Å². The molecule has 1 saturated heterocycles. The van der Waals surface area contributed by atoms with Crippen molar-refractivity contribution in [2.24, 2.45) is 0 Å². The van der Waals surface area contributed by atoms with Crippen LogP contribution in [-0.2, 0) is 4.79 Å². The molecule has 0 saturated carbocycles. The van der Waals surface area contributed by atoms with Gasteiger partial charge in [-0.15, -0.1) is 0 Å². The molecule has 5 heteroatoms. The number of nitrogens with one attached hydrogen (secondary N) is 1. The molecule has 0 atom stereocenters. The monoisotopic (exact) mass is 279 g/mol. The smallest absolute Gasteiger partial charge is 0.329 e. The first-order valence-corrected chi connectivity index (χ1v) is 7.39. The van der Waals surface area contributed by atoms with Crippen LogP contribution in [0.3, 0.4) is 0 Å². The van der Waals surface area contributed by atoms with E-state index in [9.17, 15) is 14.7 Å². The number of rotatable bonds is 3. The van der Waals surface area contributed by atoms with E-state index in [0.29, 0.717) is 18.4 Å². The normalized spacial score (nSPS) is 17.7. The maximum absolute atomic E-state index is 12.2. The van der Waals surface area contributed by atoms with Crippen LogP contribution in [0.25, 0.3) is 0 Å². The lowest BCUT2D eigenvalue weighted by Gasteiger charge is -2.33. The average Bonchev–Trinajstić information content (AvgIpc) is 2.40. The Kier molecular flexibility index (Phi) is 4.14. The third-order valence-corrected chi connectivity index (χ3v) is 4.41. The van der Waals surface area contributed by atoms with Gasteiger partial charge in [-0.25, -0.2) is 4.79 Å². The molecular weight excluding hydrogens is 262 g/mol. The number of benzene rings is 1. The molecule has 0 aromatic heterocycles. The highest BCUT2D eigenvalue weighted by Crippen LogP contribution is 2.27. The summed E-state index contributed by atoms with van der Waals surface area (Å²) in [6, 6.07) is 7.13. The van der Waals surface area contributed by atoms with Gasteiger partial charge < -0.3 is 10.4 Å². The Labute approximate surface area is 116 Å². The number of carboxylic acids is 1. The summed E-state index contributed by atoms with van der Waals surface area (Å²) in [7, 11) is 0. The molecule has 102 valence electrons. The van der Waals surface area contributed by atoms with Crippen molar-refractivity contribution in [3.8, 4) is 0 Å². The Morgan fingerprint density at radius 2 is 1.79 bits per heavy atom. The SMILES string of the molecule is Cc1ccc(C(=O)NC2(C(=O)O)CCSCC2)cc1. The molecule has 1 aromatic rings. The number of hydrogen-bond donors (Lipinski definition) is 2. The van der Waals surface area contributed by atoms with Crippen molar-refractivity contribution < 1.29 is 14.7 Å². The topological polar surface area (TPSA) is 66.4 Å². The number of carboxylic acid groups (broad SMARTS) is 1. The van der Waals surface area contributed by atoms with Crippen LogP contribution in [0.15, 0.2) is 24.3 Å².